The highest BCUT2D eigenvalue weighted by Crippen LogP contribution is 2.51. The molecular formula is C90H80BrClN12O11S5. The van der Waals surface area contributed by atoms with Crippen molar-refractivity contribution in [3.8, 4) is 11.8 Å². The lowest BCUT2D eigenvalue weighted by Gasteiger charge is -2.29. The Morgan fingerprint density at radius 1 is 0.492 bits per heavy atom. The molecule has 0 radical (unpaired) electrons. The van der Waals surface area contributed by atoms with Crippen LogP contribution in [0.5, 0.6) is 5.75 Å². The van der Waals surface area contributed by atoms with Crippen LogP contribution in [-0.4, -0.2) is 156 Å². The highest BCUT2D eigenvalue weighted by atomic mass is 79.9. The fraction of sp³-hybridized carbons (Fsp3) is 0.289. The monoisotopic (exact) mass is 1780 g/mol. The molecule has 120 heavy (non-hydrogen) atoms. The second-order valence-electron chi connectivity index (χ2n) is 31.2. The number of anilines is 5. The first-order valence-corrected chi connectivity index (χ1v) is 44.4. The van der Waals surface area contributed by atoms with Crippen LogP contribution in [0.1, 0.15) is 143 Å². The SMILES string of the molecule is CCc1cc2c(s1)N=C1N(c3ccc(OC)cc3)CC[C@@]1(O)C2=O.Cc1cc(N2CC[C@@]3(O)C(=O)c4c(sc(C)c4C)N=C23)ccc1C#N.Cc1cc2c(s1)C(=O)[C@]1(O)CCN(c3ccc(C)c(Cl)c3)C1=N2.Cc1ccc2c(c1)C(=O)[C@]1(O)CCN(c3ccc4ncsc4c3)C1=N2.Cc1sc2c(c1C)C(=O)[C@]1(O)CCN(c3cccc(Br)c3)C1=N2. The maximum atomic E-state index is 13.0. The number of fused-ring (bicyclic) bond motifs is 11. The topological polar surface area (TPSA) is 310 Å². The number of halogens is 2. The third-order valence-corrected chi connectivity index (χ3v) is 29.9. The van der Waals surface area contributed by atoms with E-state index in [4.69, 9.17) is 21.6 Å². The summed E-state index contributed by atoms with van der Waals surface area (Å²) in [5.74, 6) is 1.72. The van der Waals surface area contributed by atoms with Gasteiger partial charge in [-0.25, -0.2) is 29.9 Å². The minimum atomic E-state index is -1.56. The number of nitrogens with zero attached hydrogens (tertiary/aromatic N) is 12. The minimum Gasteiger partial charge on any atom is -0.497 e. The van der Waals surface area contributed by atoms with E-state index in [1.54, 1.807) is 24.5 Å². The summed E-state index contributed by atoms with van der Waals surface area (Å²) in [6.45, 7) is 20.3. The number of aliphatic hydroxyl groups is 5. The van der Waals surface area contributed by atoms with E-state index in [2.05, 4.69) is 51.9 Å². The minimum absolute atomic E-state index is 0.211. The number of aryl methyl sites for hydroxylation is 7. The van der Waals surface area contributed by atoms with Gasteiger partial charge < -0.3 is 54.8 Å². The molecule has 10 aliphatic rings. The molecule has 0 unspecified atom stereocenters. The van der Waals surface area contributed by atoms with Crippen LogP contribution in [0.3, 0.4) is 0 Å². The maximum Gasteiger partial charge on any atom is 0.214 e. The molecule has 10 aliphatic heterocycles. The molecule has 5 aromatic heterocycles. The Morgan fingerprint density at radius 2 is 0.983 bits per heavy atom. The standard InChI is InChI=1S/C19H15N3O2S.C19H17N3O2S.C18H18N2O3S.C17H15BrN2O2S.C17H15ClN2O2S/c1-11-2-4-14-13(8-11)17(23)19(24)6-7-22(18(19)21-14)12-3-5-15-16(9-12)25-10-20-15;1-10-8-14(5-4-13(10)9-20)22-7-6-19(24)16(23)15-11(2)12(3)25-17(15)21-18(19)22;1-3-13-10-14-15(21)18(22)8-9-20(17(18)19-16(14)24-13)11-4-6-12(23-2)7-5-11;1-9-10(2)23-15-13(9)14(21)17(22)6-7-20(16(17)19-15)12-5-3-4-11(18)8-12;1-9-3-4-11(8-12(9)18)20-6-5-17(22)15(21)14-13(19-16(17)20)7-10(2)23-14/h2-5,8-10,24H,6-7H2,1H3;4-5,8,24H,6-7H2,1-3H3;4-7,10,22H,3,8-9H2,1-2H3;3-5,8,22H,6-7H2,1-2H3;3-4,7-8,22H,5-6H2,1-2H3/t2*19-;18-;2*17-/m11111/s1. The first-order chi connectivity index (χ1) is 57.3. The highest BCUT2D eigenvalue weighted by molar-refractivity contribution is 9.10. The number of rotatable bonds is 7. The van der Waals surface area contributed by atoms with Crippen molar-refractivity contribution in [1.29, 1.82) is 5.26 Å². The van der Waals surface area contributed by atoms with E-state index in [0.29, 0.717) is 158 Å². The highest BCUT2D eigenvalue weighted by Gasteiger charge is 2.58. The van der Waals surface area contributed by atoms with Gasteiger partial charge in [0.1, 0.15) is 32.4 Å². The summed E-state index contributed by atoms with van der Waals surface area (Å²) in [7, 11) is 1.62. The maximum absolute atomic E-state index is 13.0. The molecular weight excluding hydrogens is 1700 g/mol. The molecule has 5 N–H and O–H groups in total. The van der Waals surface area contributed by atoms with E-state index >= 15 is 0 Å². The van der Waals surface area contributed by atoms with Crippen molar-refractivity contribution in [3.63, 3.8) is 0 Å². The zero-order chi connectivity index (χ0) is 84.7. The largest absolute Gasteiger partial charge is 0.497 e. The molecule has 0 amide bonds. The van der Waals surface area contributed by atoms with Gasteiger partial charge in [0.15, 0.2) is 45.5 Å². The number of benzene rings is 6. The van der Waals surface area contributed by atoms with Gasteiger partial charge in [0.25, 0.3) is 0 Å². The summed E-state index contributed by atoms with van der Waals surface area (Å²) >= 11 is 17.2. The van der Waals surface area contributed by atoms with Crippen LogP contribution >= 0.6 is 84.2 Å². The van der Waals surface area contributed by atoms with Crippen LogP contribution in [0.4, 0.5) is 54.8 Å². The first-order valence-electron chi connectivity index (χ1n) is 39.0. The quantitative estimate of drug-likeness (QED) is 0.0990. The van der Waals surface area contributed by atoms with Crippen molar-refractivity contribution in [3.05, 3.63) is 228 Å². The van der Waals surface area contributed by atoms with Gasteiger partial charge in [-0.1, -0.05) is 58.2 Å². The molecule has 0 bridgehead atoms. The number of aliphatic imine (C=N–C) groups is 5. The van der Waals surface area contributed by atoms with Crippen molar-refractivity contribution >= 4 is 207 Å². The molecule has 0 aliphatic carbocycles. The van der Waals surface area contributed by atoms with Crippen LogP contribution in [0, 0.1) is 66.7 Å². The molecule has 23 nitrogen and oxygen atoms in total. The number of ketones is 5. The van der Waals surface area contributed by atoms with Gasteiger partial charge in [-0.2, -0.15) is 5.26 Å². The third-order valence-electron chi connectivity index (χ3n) is 23.8. The van der Waals surface area contributed by atoms with Crippen LogP contribution in [-0.2, 0) is 6.42 Å². The summed E-state index contributed by atoms with van der Waals surface area (Å²) in [6, 6.07) is 44.1. The van der Waals surface area contributed by atoms with Gasteiger partial charge in [-0.15, -0.1) is 56.7 Å². The molecule has 5 saturated heterocycles. The number of hydrogen-bond acceptors (Lipinski definition) is 28. The summed E-state index contributed by atoms with van der Waals surface area (Å²) in [4.78, 5) is 106. The fourth-order valence-electron chi connectivity index (χ4n) is 16.8. The van der Waals surface area contributed by atoms with E-state index in [0.717, 1.165) is 103 Å². The van der Waals surface area contributed by atoms with E-state index in [1.165, 1.54) is 45.3 Å². The Hall–Kier alpha value is -10.4. The lowest BCUT2D eigenvalue weighted by atomic mass is 9.87. The van der Waals surface area contributed by atoms with Crippen LogP contribution in [0.2, 0.25) is 5.02 Å². The lowest BCUT2D eigenvalue weighted by Crippen LogP contribution is -2.48. The number of amidine groups is 5. The summed E-state index contributed by atoms with van der Waals surface area (Å²) in [5.41, 5.74) is 8.35. The van der Waals surface area contributed by atoms with E-state index in [1.807, 2.05) is 220 Å². The van der Waals surface area contributed by atoms with Crippen LogP contribution in [0.15, 0.2) is 168 Å². The van der Waals surface area contributed by atoms with E-state index < -0.39 is 28.0 Å². The summed E-state index contributed by atoms with van der Waals surface area (Å²) in [5, 5.41) is 67.0. The molecule has 5 fully saturated rings. The van der Waals surface area contributed by atoms with Crippen LogP contribution < -0.4 is 29.2 Å². The molecule has 0 saturated carbocycles. The van der Waals surface area contributed by atoms with Gasteiger partial charge in [-0.3, -0.25) is 24.0 Å². The average Bonchev–Trinajstić information content (AvgIpc) is 1.55. The lowest BCUT2D eigenvalue weighted by molar-refractivity contribution is 0.0600. The number of thiazole rings is 1. The van der Waals surface area contributed by atoms with Crippen molar-refractivity contribution in [2.75, 3.05) is 64.3 Å². The van der Waals surface area contributed by atoms with Crippen molar-refractivity contribution in [2.45, 2.75) is 129 Å². The normalized spacial score (nSPS) is 22.3. The smallest absolute Gasteiger partial charge is 0.214 e. The van der Waals surface area contributed by atoms with Crippen molar-refractivity contribution < 1.29 is 54.2 Å². The number of thiophene rings is 4. The predicted octanol–water partition coefficient (Wildman–Crippen LogP) is 18.0. The number of hydrogen-bond donors (Lipinski definition) is 5. The predicted molar refractivity (Wildman–Crippen MR) is 482 cm³/mol. The molecule has 5 atom stereocenters. The van der Waals surface area contributed by atoms with E-state index in [-0.39, 0.29) is 28.9 Å². The zero-order valence-corrected chi connectivity index (χ0v) is 73.3. The number of Topliss-reactive ketones (excluding diaryl/α,β-unsaturated/α-hetero) is 5. The Morgan fingerprint density at radius 3 is 1.53 bits per heavy atom. The van der Waals surface area contributed by atoms with E-state index in [9.17, 15) is 49.5 Å². The molecule has 30 heteroatoms. The van der Waals surface area contributed by atoms with Crippen molar-refractivity contribution in [2.24, 2.45) is 25.0 Å². The Labute approximate surface area is 724 Å². The average molecular weight is 1780 g/mol. The Kier molecular flexibility index (Phi) is 21.1. The number of carbonyl (C=O) groups is 5. The molecule has 21 rings (SSSR count). The second kappa shape index (κ2) is 30.9. The first kappa shape index (κ1) is 81.9. The van der Waals surface area contributed by atoms with Gasteiger partial charge >= 0.3 is 0 Å². The third kappa shape index (κ3) is 13.6. The second-order valence-corrected chi connectivity index (χ2v) is 38.2. The van der Waals surface area contributed by atoms with Gasteiger partial charge in [0, 0.05) is 128 Å². The number of nitriles is 1. The molecule has 610 valence electrons. The number of methoxy groups -OCH3 is 1. The molecule has 11 aromatic rings. The van der Waals surface area contributed by atoms with Gasteiger partial charge in [-0.05, 0) is 199 Å². The van der Waals surface area contributed by atoms with Crippen LogP contribution in [0.25, 0.3) is 10.2 Å². The molecule has 0 spiro atoms. The van der Waals surface area contributed by atoms with Crippen molar-refractivity contribution in [1.82, 2.24) is 4.98 Å². The summed E-state index contributed by atoms with van der Waals surface area (Å²) in [6.07, 6.45) is 2.58. The molecule has 6 aromatic carbocycles. The molecule has 15 heterocycles. The number of carbonyl (C=O) groups excluding carboxylic acids is 5. The zero-order valence-electron chi connectivity index (χ0n) is 66.9. The fourth-order valence-corrected chi connectivity index (χ4v) is 22.0. The van der Waals surface area contributed by atoms with Gasteiger partial charge in [0.05, 0.1) is 67.4 Å². The Balaban J connectivity index is 0.000000107. The number of aromatic nitrogens is 1. The Bertz CT molecular complexity index is 6430. The summed E-state index contributed by atoms with van der Waals surface area (Å²) < 4.78 is 7.22. The van der Waals surface area contributed by atoms with Gasteiger partial charge in [0.2, 0.25) is 28.9 Å². The number of ether oxygens (including phenoxy) is 1.